The van der Waals surface area contributed by atoms with Crippen molar-refractivity contribution in [1.82, 2.24) is 0 Å². The zero-order chi connectivity index (χ0) is 21.7. The van der Waals surface area contributed by atoms with Crippen LogP contribution in [0.3, 0.4) is 0 Å². The van der Waals surface area contributed by atoms with Gasteiger partial charge in [-0.05, 0) is 104 Å². The quantitative estimate of drug-likeness (QED) is 0.415. The topological polar surface area (TPSA) is 9.23 Å². The highest BCUT2D eigenvalue weighted by molar-refractivity contribution is 5.25. The van der Waals surface area contributed by atoms with Gasteiger partial charge in [-0.25, -0.2) is 0 Å². The van der Waals surface area contributed by atoms with Crippen molar-refractivity contribution < 1.29 is 4.74 Å². The van der Waals surface area contributed by atoms with E-state index in [0.29, 0.717) is 22.9 Å². The maximum Gasteiger partial charge on any atom is 0.0608 e. The summed E-state index contributed by atoms with van der Waals surface area (Å²) >= 11 is 0. The normalized spacial score (nSPS) is 45.6. The maximum atomic E-state index is 5.75. The van der Waals surface area contributed by atoms with Gasteiger partial charge in [-0.1, -0.05) is 65.3 Å². The predicted octanol–water partition coefficient (Wildman–Crippen LogP) is 8.06. The first-order valence-electron chi connectivity index (χ1n) is 13.1. The van der Waals surface area contributed by atoms with Gasteiger partial charge in [-0.15, -0.1) is 0 Å². The zero-order valence-corrected chi connectivity index (χ0v) is 20.9. The molecule has 4 aliphatic carbocycles. The van der Waals surface area contributed by atoms with Crippen LogP contribution in [0.25, 0.3) is 0 Å². The Labute approximate surface area is 187 Å². The molecule has 0 bridgehead atoms. The van der Waals surface area contributed by atoms with Gasteiger partial charge >= 0.3 is 0 Å². The van der Waals surface area contributed by atoms with Crippen LogP contribution in [0.15, 0.2) is 23.8 Å². The number of methoxy groups -OCH3 is 1. The van der Waals surface area contributed by atoms with Crippen molar-refractivity contribution in [3.8, 4) is 0 Å². The molecule has 30 heavy (non-hydrogen) atoms. The second kappa shape index (κ2) is 8.42. The van der Waals surface area contributed by atoms with Gasteiger partial charge in [-0.3, -0.25) is 0 Å². The van der Waals surface area contributed by atoms with E-state index in [4.69, 9.17) is 4.74 Å². The molecule has 4 aliphatic rings. The molecule has 4 rings (SSSR count). The largest absolute Gasteiger partial charge is 0.381 e. The molecule has 0 aromatic heterocycles. The Kier molecular flexibility index (Phi) is 6.35. The molecule has 0 unspecified atom stereocenters. The van der Waals surface area contributed by atoms with Gasteiger partial charge in [0.1, 0.15) is 0 Å². The van der Waals surface area contributed by atoms with E-state index in [9.17, 15) is 0 Å². The molecule has 0 aromatic rings. The smallest absolute Gasteiger partial charge is 0.0608 e. The van der Waals surface area contributed by atoms with Gasteiger partial charge in [0, 0.05) is 7.11 Å². The third-order valence-corrected chi connectivity index (χ3v) is 10.9. The minimum absolute atomic E-state index is 0.454. The molecular formula is C29H48O. The Morgan fingerprint density at radius 2 is 1.73 bits per heavy atom. The Morgan fingerprint density at radius 3 is 2.43 bits per heavy atom. The van der Waals surface area contributed by atoms with Gasteiger partial charge in [0.25, 0.3) is 0 Å². The fraction of sp³-hybridized carbons (Fsp3) is 0.862. The molecular weight excluding hydrogens is 364 g/mol. The third kappa shape index (κ3) is 3.66. The molecule has 0 aromatic carbocycles. The average molecular weight is 413 g/mol. The number of fused-ring (bicyclic) bond motifs is 5. The van der Waals surface area contributed by atoms with E-state index in [-0.39, 0.29) is 0 Å². The number of hydrogen-bond acceptors (Lipinski definition) is 1. The highest BCUT2D eigenvalue weighted by Crippen LogP contribution is 2.67. The lowest BCUT2D eigenvalue weighted by Gasteiger charge is -2.58. The van der Waals surface area contributed by atoms with Gasteiger partial charge in [0.2, 0.25) is 0 Å². The van der Waals surface area contributed by atoms with Crippen molar-refractivity contribution in [3.05, 3.63) is 23.8 Å². The molecule has 0 spiro atoms. The van der Waals surface area contributed by atoms with Crippen LogP contribution >= 0.6 is 0 Å². The van der Waals surface area contributed by atoms with Crippen LogP contribution in [0, 0.1) is 52.3 Å². The highest BCUT2D eigenvalue weighted by atomic mass is 16.5. The molecule has 0 aliphatic heterocycles. The summed E-state index contributed by atoms with van der Waals surface area (Å²) in [5.74, 6) is 5.81. The van der Waals surface area contributed by atoms with Crippen LogP contribution in [0.5, 0.6) is 0 Å². The lowest BCUT2D eigenvalue weighted by Crippen LogP contribution is -2.50. The van der Waals surface area contributed by atoms with Gasteiger partial charge in [0.05, 0.1) is 6.10 Å². The Balaban J connectivity index is 1.52. The summed E-state index contributed by atoms with van der Waals surface area (Å²) in [5, 5.41) is 0. The molecule has 3 fully saturated rings. The second-order valence-corrected chi connectivity index (χ2v) is 12.4. The first kappa shape index (κ1) is 22.6. The molecule has 1 nitrogen and oxygen atoms in total. The highest BCUT2D eigenvalue weighted by Gasteiger charge is 2.59. The van der Waals surface area contributed by atoms with Crippen molar-refractivity contribution in [2.24, 2.45) is 52.3 Å². The Bertz CT molecular complexity index is 674. The fourth-order valence-electron chi connectivity index (χ4n) is 8.44. The van der Waals surface area contributed by atoms with Crippen LogP contribution in [-0.4, -0.2) is 13.2 Å². The average Bonchev–Trinajstić information content (AvgIpc) is 3.08. The van der Waals surface area contributed by atoms with E-state index < -0.39 is 0 Å². The molecule has 3 saturated carbocycles. The van der Waals surface area contributed by atoms with Crippen molar-refractivity contribution in [3.63, 3.8) is 0 Å². The van der Waals surface area contributed by atoms with E-state index in [1.807, 2.05) is 7.11 Å². The molecule has 0 radical (unpaired) electrons. The number of hydrogen-bond donors (Lipinski definition) is 0. The summed E-state index contributed by atoms with van der Waals surface area (Å²) in [4.78, 5) is 0. The van der Waals surface area contributed by atoms with E-state index in [1.165, 1.54) is 51.4 Å². The molecule has 0 saturated heterocycles. The molecule has 0 heterocycles. The summed E-state index contributed by atoms with van der Waals surface area (Å²) < 4.78 is 5.75. The second-order valence-electron chi connectivity index (χ2n) is 12.4. The van der Waals surface area contributed by atoms with Crippen LogP contribution in [0.4, 0.5) is 0 Å². The lowest BCUT2D eigenvalue weighted by molar-refractivity contribution is -0.0572. The summed E-state index contributed by atoms with van der Waals surface area (Å²) in [5.41, 5.74) is 2.76. The van der Waals surface area contributed by atoms with Crippen molar-refractivity contribution >= 4 is 0 Å². The number of ether oxygens (including phenoxy) is 1. The Hall–Kier alpha value is -0.560. The molecule has 0 amide bonds. The van der Waals surface area contributed by atoms with Gasteiger partial charge < -0.3 is 4.74 Å². The Morgan fingerprint density at radius 1 is 0.967 bits per heavy atom. The van der Waals surface area contributed by atoms with Gasteiger partial charge in [-0.2, -0.15) is 0 Å². The molecule has 1 heteroatoms. The monoisotopic (exact) mass is 412 g/mol. The summed E-state index contributed by atoms with van der Waals surface area (Å²) in [7, 11) is 1.90. The number of allylic oxidation sites excluding steroid dienone is 3. The van der Waals surface area contributed by atoms with Crippen molar-refractivity contribution in [1.29, 1.82) is 0 Å². The third-order valence-electron chi connectivity index (χ3n) is 10.9. The van der Waals surface area contributed by atoms with Gasteiger partial charge in [0.15, 0.2) is 0 Å². The standard InChI is InChI=1S/C29H48O/c1-19(2)20(3)8-9-21(4)25-12-13-26-24-11-10-22-18-23(30-7)14-16-28(22,5)27(24)15-17-29(25,26)6/h8-10,19-21,23-27H,11-18H2,1-7H3/b9-8+/t20-,21+,23-,24-,25+,26-,27-,28-,29+/m0/s1. The zero-order valence-electron chi connectivity index (χ0n) is 20.9. The SMILES string of the molecule is CO[C@H]1CC[C@@]2(C)C(=CC[C@H]3[C@@H]4CC[C@H]([C@H](C)/C=C/[C@H](C)C(C)C)[C@@]4(C)CC[C@@H]32)C1. The van der Waals surface area contributed by atoms with E-state index in [2.05, 4.69) is 59.8 Å². The minimum atomic E-state index is 0.454. The van der Waals surface area contributed by atoms with Crippen LogP contribution in [-0.2, 0) is 4.74 Å². The van der Waals surface area contributed by atoms with Crippen LogP contribution in [0.1, 0.15) is 92.9 Å². The van der Waals surface area contributed by atoms with Crippen molar-refractivity contribution in [2.45, 2.75) is 99.0 Å². The summed E-state index contributed by atoms with van der Waals surface area (Å²) in [6.07, 6.45) is 19.2. The summed E-state index contributed by atoms with van der Waals surface area (Å²) in [6.45, 7) is 14.9. The van der Waals surface area contributed by atoms with E-state index in [0.717, 1.165) is 35.5 Å². The minimum Gasteiger partial charge on any atom is -0.381 e. The predicted molar refractivity (Wildman–Crippen MR) is 128 cm³/mol. The first-order valence-corrected chi connectivity index (χ1v) is 13.1. The number of rotatable bonds is 5. The van der Waals surface area contributed by atoms with E-state index in [1.54, 1.807) is 5.57 Å². The molecule has 170 valence electrons. The maximum absolute atomic E-state index is 5.75. The molecule has 0 N–H and O–H groups in total. The fourth-order valence-corrected chi connectivity index (χ4v) is 8.44. The summed E-state index contributed by atoms with van der Waals surface area (Å²) in [6, 6.07) is 0. The van der Waals surface area contributed by atoms with E-state index >= 15 is 0 Å². The lowest BCUT2D eigenvalue weighted by atomic mass is 9.47. The van der Waals surface area contributed by atoms with Crippen LogP contribution in [0.2, 0.25) is 0 Å². The first-order chi connectivity index (χ1) is 14.2. The van der Waals surface area contributed by atoms with Crippen LogP contribution < -0.4 is 0 Å². The molecule has 9 atom stereocenters. The van der Waals surface area contributed by atoms with Crippen molar-refractivity contribution in [2.75, 3.05) is 7.11 Å².